The zero-order valence-corrected chi connectivity index (χ0v) is 16.9. The van der Waals surface area contributed by atoms with Gasteiger partial charge in [-0.05, 0) is 67.1 Å². The molecule has 0 atom stereocenters. The van der Waals surface area contributed by atoms with Gasteiger partial charge in [0.2, 0.25) is 0 Å². The maximum Gasteiger partial charge on any atom is 0.268 e. The molecule has 1 aromatic heterocycles. The van der Waals surface area contributed by atoms with Crippen LogP contribution in [0.3, 0.4) is 0 Å². The molecular formula is C19H21BrN2O2S. The lowest BCUT2D eigenvalue weighted by Crippen LogP contribution is -2.15. The molecule has 0 radical (unpaired) electrons. The summed E-state index contributed by atoms with van der Waals surface area (Å²) in [6, 6.07) is 12.8. The van der Waals surface area contributed by atoms with E-state index in [4.69, 9.17) is 0 Å². The van der Waals surface area contributed by atoms with Crippen molar-refractivity contribution in [1.82, 2.24) is 8.87 Å². The number of likely N-dealkylation sites (N-methyl/N-ethyl adjacent to an activating group) is 1. The van der Waals surface area contributed by atoms with Gasteiger partial charge in [-0.1, -0.05) is 29.8 Å². The molecule has 0 aliphatic heterocycles. The third-order valence-electron chi connectivity index (χ3n) is 4.23. The summed E-state index contributed by atoms with van der Waals surface area (Å²) in [7, 11) is 0.375. The number of hydrogen-bond donors (Lipinski definition) is 0. The standard InChI is InChI=1S/C19H21BrN2O2S/c1-14-7-9-16(10-8-14)25(23,24)22-13-15(11-12-21(2)3)17-5-4-6-18(20)19(17)22/h4-10,13H,11-12H2,1-3H3. The normalized spacial score (nSPS) is 12.2. The Hall–Kier alpha value is -1.63. The Labute approximate surface area is 157 Å². The van der Waals surface area contributed by atoms with Crippen molar-refractivity contribution in [2.24, 2.45) is 0 Å². The molecule has 3 rings (SSSR count). The van der Waals surface area contributed by atoms with Crippen molar-refractivity contribution in [3.05, 3.63) is 64.3 Å². The van der Waals surface area contributed by atoms with Crippen molar-refractivity contribution in [2.75, 3.05) is 20.6 Å². The Kier molecular flexibility index (Phi) is 5.04. The molecule has 0 aliphatic rings. The predicted octanol–water partition coefficient (Wildman–Crippen LogP) is 4.05. The second-order valence-electron chi connectivity index (χ2n) is 6.46. The fraction of sp³-hybridized carbons (Fsp3) is 0.263. The Morgan fingerprint density at radius 1 is 1.08 bits per heavy atom. The summed E-state index contributed by atoms with van der Waals surface area (Å²) in [6.45, 7) is 2.80. The smallest absolute Gasteiger partial charge is 0.268 e. The fourth-order valence-corrected chi connectivity index (χ4v) is 4.92. The molecule has 0 aliphatic carbocycles. The molecule has 0 saturated heterocycles. The highest BCUT2D eigenvalue weighted by molar-refractivity contribution is 9.10. The topological polar surface area (TPSA) is 42.3 Å². The molecule has 0 N–H and O–H groups in total. The molecule has 3 aromatic rings. The second-order valence-corrected chi connectivity index (χ2v) is 9.13. The fourth-order valence-electron chi connectivity index (χ4n) is 2.83. The maximum atomic E-state index is 13.2. The van der Waals surface area contributed by atoms with Crippen molar-refractivity contribution < 1.29 is 8.42 Å². The molecule has 132 valence electrons. The molecule has 2 aromatic carbocycles. The van der Waals surface area contributed by atoms with Crippen LogP contribution in [0, 0.1) is 6.92 Å². The Morgan fingerprint density at radius 3 is 2.40 bits per heavy atom. The van der Waals surface area contributed by atoms with E-state index < -0.39 is 10.0 Å². The van der Waals surface area contributed by atoms with Crippen LogP contribution in [-0.4, -0.2) is 37.9 Å². The van der Waals surface area contributed by atoms with E-state index in [1.165, 1.54) is 3.97 Å². The van der Waals surface area contributed by atoms with Gasteiger partial charge in [-0.25, -0.2) is 12.4 Å². The van der Waals surface area contributed by atoms with Crippen LogP contribution in [0.25, 0.3) is 10.9 Å². The van der Waals surface area contributed by atoms with E-state index in [-0.39, 0.29) is 0 Å². The van der Waals surface area contributed by atoms with Crippen LogP contribution >= 0.6 is 15.9 Å². The average molecular weight is 421 g/mol. The lowest BCUT2D eigenvalue weighted by molar-refractivity contribution is 0.414. The average Bonchev–Trinajstić information content (AvgIpc) is 2.94. The highest BCUT2D eigenvalue weighted by Gasteiger charge is 2.22. The van der Waals surface area contributed by atoms with Crippen molar-refractivity contribution in [3.8, 4) is 0 Å². The van der Waals surface area contributed by atoms with Crippen LogP contribution in [0.15, 0.2) is 58.0 Å². The van der Waals surface area contributed by atoms with E-state index in [0.29, 0.717) is 10.4 Å². The first kappa shape index (κ1) is 18.2. The van der Waals surface area contributed by atoms with Crippen LogP contribution in [0.5, 0.6) is 0 Å². The molecule has 0 unspecified atom stereocenters. The van der Waals surface area contributed by atoms with Gasteiger partial charge in [0, 0.05) is 22.6 Å². The largest absolute Gasteiger partial charge is 0.309 e. The van der Waals surface area contributed by atoms with Gasteiger partial charge in [0.15, 0.2) is 0 Å². The summed E-state index contributed by atoms with van der Waals surface area (Å²) in [6.07, 6.45) is 2.55. The third kappa shape index (κ3) is 3.52. The first-order valence-electron chi connectivity index (χ1n) is 8.06. The van der Waals surface area contributed by atoms with Gasteiger partial charge in [0.05, 0.1) is 10.4 Å². The van der Waals surface area contributed by atoms with Crippen molar-refractivity contribution >= 4 is 36.9 Å². The van der Waals surface area contributed by atoms with Crippen molar-refractivity contribution in [2.45, 2.75) is 18.2 Å². The number of benzene rings is 2. The predicted molar refractivity (Wildman–Crippen MR) is 106 cm³/mol. The lowest BCUT2D eigenvalue weighted by atomic mass is 10.1. The minimum absolute atomic E-state index is 0.296. The number of hydrogen-bond acceptors (Lipinski definition) is 3. The SMILES string of the molecule is Cc1ccc(S(=O)(=O)n2cc(CCN(C)C)c3cccc(Br)c32)cc1. The summed E-state index contributed by atoms with van der Waals surface area (Å²) in [5, 5.41) is 0.965. The minimum Gasteiger partial charge on any atom is -0.309 e. The van der Waals surface area contributed by atoms with Gasteiger partial charge >= 0.3 is 0 Å². The lowest BCUT2D eigenvalue weighted by Gasteiger charge is -2.09. The van der Waals surface area contributed by atoms with Crippen LogP contribution in [0.1, 0.15) is 11.1 Å². The Bertz CT molecular complexity index is 1010. The summed E-state index contributed by atoms with van der Waals surface area (Å²) >= 11 is 3.52. The number of aromatic nitrogens is 1. The highest BCUT2D eigenvalue weighted by atomic mass is 79.9. The molecule has 0 saturated carbocycles. The molecule has 1 heterocycles. The Balaban J connectivity index is 2.20. The summed E-state index contributed by atoms with van der Waals surface area (Å²) in [5.74, 6) is 0. The first-order valence-corrected chi connectivity index (χ1v) is 10.3. The molecular weight excluding hydrogens is 400 g/mol. The molecule has 0 bridgehead atoms. The molecule has 6 heteroatoms. The molecule has 0 fully saturated rings. The number of fused-ring (bicyclic) bond motifs is 1. The number of aryl methyl sites for hydroxylation is 1. The first-order chi connectivity index (χ1) is 11.8. The molecule has 0 amide bonds. The van der Waals surface area contributed by atoms with Gasteiger partial charge in [0.25, 0.3) is 10.0 Å². The second kappa shape index (κ2) is 6.94. The van der Waals surface area contributed by atoms with Crippen LogP contribution in [0.2, 0.25) is 0 Å². The van der Waals surface area contributed by atoms with Gasteiger partial charge in [-0.2, -0.15) is 0 Å². The summed E-state index contributed by atoms with van der Waals surface area (Å²) in [5.41, 5.74) is 2.75. The monoisotopic (exact) mass is 420 g/mol. The van der Waals surface area contributed by atoms with Crippen molar-refractivity contribution in [3.63, 3.8) is 0 Å². The van der Waals surface area contributed by atoms with Crippen molar-refractivity contribution in [1.29, 1.82) is 0 Å². The molecule has 25 heavy (non-hydrogen) atoms. The zero-order chi connectivity index (χ0) is 18.2. The number of rotatable bonds is 5. The third-order valence-corrected chi connectivity index (χ3v) is 6.55. The summed E-state index contributed by atoms with van der Waals surface area (Å²) < 4.78 is 28.6. The van der Waals surface area contributed by atoms with Gasteiger partial charge in [0.1, 0.15) is 0 Å². The van der Waals surface area contributed by atoms with E-state index >= 15 is 0 Å². The van der Waals surface area contributed by atoms with E-state index in [1.54, 1.807) is 18.3 Å². The van der Waals surface area contributed by atoms with E-state index in [0.717, 1.165) is 34.0 Å². The quantitative estimate of drug-likeness (QED) is 0.624. The van der Waals surface area contributed by atoms with Crippen LogP contribution in [-0.2, 0) is 16.4 Å². The number of para-hydroxylation sites is 1. The van der Waals surface area contributed by atoms with E-state index in [2.05, 4.69) is 20.8 Å². The number of nitrogens with zero attached hydrogens (tertiary/aromatic N) is 2. The van der Waals surface area contributed by atoms with Gasteiger partial charge in [-0.3, -0.25) is 0 Å². The van der Waals surface area contributed by atoms with E-state index in [1.807, 2.05) is 51.4 Å². The van der Waals surface area contributed by atoms with Crippen LogP contribution < -0.4 is 0 Å². The van der Waals surface area contributed by atoms with Gasteiger partial charge in [-0.15, -0.1) is 0 Å². The van der Waals surface area contributed by atoms with Gasteiger partial charge < -0.3 is 4.90 Å². The minimum atomic E-state index is -3.65. The highest BCUT2D eigenvalue weighted by Crippen LogP contribution is 2.31. The molecule has 4 nitrogen and oxygen atoms in total. The summed E-state index contributed by atoms with van der Waals surface area (Å²) in [4.78, 5) is 2.39. The zero-order valence-electron chi connectivity index (χ0n) is 14.5. The maximum absolute atomic E-state index is 13.2. The molecule has 0 spiro atoms. The Morgan fingerprint density at radius 2 is 1.76 bits per heavy atom. The van der Waals surface area contributed by atoms with E-state index in [9.17, 15) is 8.42 Å². The van der Waals surface area contributed by atoms with Crippen LogP contribution in [0.4, 0.5) is 0 Å². The number of halogens is 1.